The van der Waals surface area contributed by atoms with Gasteiger partial charge in [0.1, 0.15) is 17.8 Å². The van der Waals surface area contributed by atoms with Crippen molar-refractivity contribution in [1.29, 1.82) is 10.5 Å². The van der Waals surface area contributed by atoms with E-state index in [1.165, 1.54) is 0 Å². The Morgan fingerprint density at radius 2 is 1.14 bits per heavy atom. The molecule has 0 saturated carbocycles. The van der Waals surface area contributed by atoms with Crippen molar-refractivity contribution in [2.45, 2.75) is 27.7 Å². The quantitative estimate of drug-likeness (QED) is 0.362. The van der Waals surface area contributed by atoms with E-state index in [2.05, 4.69) is 96.0 Å². The van der Waals surface area contributed by atoms with Crippen molar-refractivity contribution < 1.29 is 0 Å². The molecule has 7 heteroatoms. The number of nitrogens with zero attached hydrogens (tertiary/aromatic N) is 6. The summed E-state index contributed by atoms with van der Waals surface area (Å²) < 4.78 is 0. The first kappa shape index (κ1) is 25.7. The second-order valence-corrected chi connectivity index (χ2v) is 8.17. The van der Waals surface area contributed by atoms with Crippen molar-refractivity contribution in [2.24, 2.45) is 0 Å². The molecule has 0 saturated heterocycles. The topological polar surface area (TPSA) is 79.8 Å². The molecule has 0 atom stereocenters. The highest BCUT2D eigenvalue weighted by Gasteiger charge is 2.14. The van der Waals surface area contributed by atoms with Crippen LogP contribution < -0.4 is 9.80 Å². The van der Waals surface area contributed by atoms with E-state index in [-0.39, 0.29) is 16.5 Å². The number of benzene rings is 2. The summed E-state index contributed by atoms with van der Waals surface area (Å²) in [5, 5.41) is 18.7. The molecule has 178 valence electrons. The maximum Gasteiger partial charge on any atom is 0.178 e. The van der Waals surface area contributed by atoms with Gasteiger partial charge >= 0.3 is 0 Å². The first-order chi connectivity index (χ1) is 17.0. The monoisotopic (exact) mass is 484 g/mol. The van der Waals surface area contributed by atoms with Gasteiger partial charge in [0.05, 0.1) is 0 Å². The van der Waals surface area contributed by atoms with Gasteiger partial charge in [-0.05, 0) is 74.7 Å². The van der Waals surface area contributed by atoms with Crippen molar-refractivity contribution >= 4 is 34.6 Å². The van der Waals surface area contributed by atoms with Crippen LogP contribution in [0.1, 0.15) is 55.9 Å². The number of rotatable bonds is 9. The first-order valence-electron chi connectivity index (χ1n) is 11.8. The average molecular weight is 485 g/mol. The summed E-state index contributed by atoms with van der Waals surface area (Å²) in [5.74, 6) is 0. The Kier molecular flexibility index (Phi) is 8.84. The maximum absolute atomic E-state index is 9.41. The molecule has 0 fully saturated rings. The normalized spacial score (nSPS) is 10.3. The lowest BCUT2D eigenvalue weighted by Gasteiger charge is -2.22. The Hall–Kier alpha value is -3.87. The van der Waals surface area contributed by atoms with Crippen molar-refractivity contribution in [3.8, 4) is 12.1 Å². The van der Waals surface area contributed by atoms with Gasteiger partial charge in [-0.1, -0.05) is 35.9 Å². The Balaban J connectivity index is 2.15. The fraction of sp³-hybridized carbons (Fsp3) is 0.286. The summed E-state index contributed by atoms with van der Waals surface area (Å²) in [6.07, 6.45) is 1.83. The molecule has 6 nitrogen and oxygen atoms in total. The van der Waals surface area contributed by atoms with Crippen LogP contribution in [-0.2, 0) is 0 Å². The second kappa shape index (κ2) is 12.0. The smallest absolute Gasteiger partial charge is 0.178 e. The molecule has 0 aliphatic rings. The van der Waals surface area contributed by atoms with E-state index >= 15 is 0 Å². The van der Waals surface area contributed by atoms with E-state index < -0.39 is 0 Å². The van der Waals surface area contributed by atoms with Gasteiger partial charge in [0.15, 0.2) is 16.5 Å². The van der Waals surface area contributed by atoms with Crippen molar-refractivity contribution in [1.82, 2.24) is 9.97 Å². The zero-order chi connectivity index (χ0) is 25.4. The molecule has 3 aromatic rings. The molecule has 0 spiro atoms. The third kappa shape index (κ3) is 5.80. The standard InChI is InChI=1S/C28H29ClN6/c1-5-34(6-2)22-13-9-20(10-14-22)24(21-11-15-23(16-12-21)35(7-3)8-4)17-25-28(29)33-27(19-31)26(18-30)32-25/h9-17H,5-8H2,1-4H3. The van der Waals surface area contributed by atoms with Crippen LogP contribution in [0.25, 0.3) is 11.6 Å². The number of halogens is 1. The molecule has 2 aromatic carbocycles. The van der Waals surface area contributed by atoms with Crippen LogP contribution in [0.15, 0.2) is 48.5 Å². The summed E-state index contributed by atoms with van der Waals surface area (Å²) in [7, 11) is 0. The largest absolute Gasteiger partial charge is 0.372 e. The van der Waals surface area contributed by atoms with Gasteiger partial charge in [-0.15, -0.1) is 0 Å². The number of nitriles is 2. The Morgan fingerprint density at radius 3 is 1.51 bits per heavy atom. The van der Waals surface area contributed by atoms with Crippen LogP contribution in [0.2, 0.25) is 5.15 Å². The molecule has 0 amide bonds. The summed E-state index contributed by atoms with van der Waals surface area (Å²) in [6.45, 7) is 12.3. The number of anilines is 2. The number of hydrogen-bond donors (Lipinski definition) is 0. The summed E-state index contributed by atoms with van der Waals surface area (Å²) >= 11 is 6.37. The molecular formula is C28H29ClN6. The van der Waals surface area contributed by atoms with Crippen LogP contribution >= 0.6 is 11.6 Å². The van der Waals surface area contributed by atoms with Gasteiger partial charge in [-0.2, -0.15) is 10.5 Å². The Morgan fingerprint density at radius 1 is 0.743 bits per heavy atom. The molecule has 3 rings (SSSR count). The fourth-order valence-electron chi connectivity index (χ4n) is 4.03. The third-order valence-electron chi connectivity index (χ3n) is 5.98. The van der Waals surface area contributed by atoms with E-state index in [9.17, 15) is 10.5 Å². The van der Waals surface area contributed by atoms with Crippen LogP contribution in [0.4, 0.5) is 11.4 Å². The molecular weight excluding hydrogens is 456 g/mol. The number of hydrogen-bond acceptors (Lipinski definition) is 6. The molecule has 0 bridgehead atoms. The Labute approximate surface area is 212 Å². The highest BCUT2D eigenvalue weighted by atomic mass is 35.5. The maximum atomic E-state index is 9.41. The zero-order valence-corrected chi connectivity index (χ0v) is 21.3. The predicted octanol–water partition coefficient (Wildman–Crippen LogP) is 6.15. The van der Waals surface area contributed by atoms with Gasteiger partial charge in [0, 0.05) is 37.6 Å². The van der Waals surface area contributed by atoms with Crippen molar-refractivity contribution in [3.05, 3.63) is 81.9 Å². The Bertz CT molecular complexity index is 1200. The van der Waals surface area contributed by atoms with E-state index in [1.807, 2.05) is 18.2 Å². The summed E-state index contributed by atoms with van der Waals surface area (Å²) in [4.78, 5) is 13.0. The van der Waals surface area contributed by atoms with Gasteiger partial charge in [-0.25, -0.2) is 9.97 Å². The lowest BCUT2D eigenvalue weighted by molar-refractivity contribution is 0.866. The minimum Gasteiger partial charge on any atom is -0.372 e. The van der Waals surface area contributed by atoms with E-state index in [1.54, 1.807) is 0 Å². The predicted molar refractivity (Wildman–Crippen MR) is 143 cm³/mol. The number of aromatic nitrogens is 2. The average Bonchev–Trinajstić information content (AvgIpc) is 2.90. The minimum absolute atomic E-state index is 0.0451. The van der Waals surface area contributed by atoms with Gasteiger partial charge in [0.2, 0.25) is 0 Å². The van der Waals surface area contributed by atoms with Crippen molar-refractivity contribution in [2.75, 3.05) is 36.0 Å². The van der Waals surface area contributed by atoms with Gasteiger partial charge in [-0.3, -0.25) is 0 Å². The van der Waals surface area contributed by atoms with Crippen LogP contribution in [0, 0.1) is 22.7 Å². The lowest BCUT2D eigenvalue weighted by Crippen LogP contribution is -2.21. The summed E-state index contributed by atoms with van der Waals surface area (Å²) in [6, 6.07) is 20.5. The molecule has 35 heavy (non-hydrogen) atoms. The third-order valence-corrected chi connectivity index (χ3v) is 6.26. The van der Waals surface area contributed by atoms with Crippen LogP contribution in [0.3, 0.4) is 0 Å². The fourth-order valence-corrected chi connectivity index (χ4v) is 4.21. The molecule has 0 unspecified atom stereocenters. The highest BCUT2D eigenvalue weighted by molar-refractivity contribution is 6.31. The second-order valence-electron chi connectivity index (χ2n) is 7.82. The molecule has 0 aliphatic carbocycles. The lowest BCUT2D eigenvalue weighted by atomic mass is 9.96. The minimum atomic E-state index is -0.0802. The molecule has 0 radical (unpaired) electrons. The van der Waals surface area contributed by atoms with Gasteiger partial charge < -0.3 is 9.80 Å². The van der Waals surface area contributed by atoms with Crippen LogP contribution in [-0.4, -0.2) is 36.1 Å². The van der Waals surface area contributed by atoms with Gasteiger partial charge in [0.25, 0.3) is 0 Å². The van der Waals surface area contributed by atoms with Crippen LogP contribution in [0.5, 0.6) is 0 Å². The summed E-state index contributed by atoms with van der Waals surface area (Å²) in [5.41, 5.74) is 5.38. The van der Waals surface area contributed by atoms with E-state index in [0.29, 0.717) is 5.69 Å². The van der Waals surface area contributed by atoms with E-state index in [4.69, 9.17) is 11.6 Å². The zero-order valence-electron chi connectivity index (χ0n) is 20.6. The highest BCUT2D eigenvalue weighted by Crippen LogP contribution is 2.30. The van der Waals surface area contributed by atoms with E-state index in [0.717, 1.165) is 54.3 Å². The molecule has 0 aliphatic heterocycles. The van der Waals surface area contributed by atoms with Crippen molar-refractivity contribution in [3.63, 3.8) is 0 Å². The SMILES string of the molecule is CCN(CC)c1ccc(C(=Cc2nc(C#N)c(C#N)nc2Cl)c2ccc(N(CC)CC)cc2)cc1. The molecule has 1 heterocycles. The first-order valence-corrected chi connectivity index (χ1v) is 12.2. The molecule has 0 N–H and O–H groups in total. The molecule has 1 aromatic heterocycles.